The minimum atomic E-state index is -4.96. The number of hydrogen-bond acceptors (Lipinski definition) is 15. The quantitative estimate of drug-likeness (QED) is 0.0222. The Kier molecular flexibility index (Phi) is 64.0. The van der Waals surface area contributed by atoms with E-state index in [1.807, 2.05) is 0 Å². The van der Waals surface area contributed by atoms with Crippen molar-refractivity contribution in [2.45, 2.75) is 401 Å². The van der Waals surface area contributed by atoms with Crippen LogP contribution in [0.25, 0.3) is 0 Å². The van der Waals surface area contributed by atoms with Crippen LogP contribution in [0.4, 0.5) is 0 Å². The third-order valence-electron chi connectivity index (χ3n) is 18.3. The molecule has 0 aromatic carbocycles. The Labute approximate surface area is 581 Å². The predicted molar refractivity (Wildman–Crippen MR) is 386 cm³/mol. The lowest BCUT2D eigenvalue weighted by Gasteiger charge is -2.21. The third kappa shape index (κ3) is 67.6. The van der Waals surface area contributed by atoms with Crippen molar-refractivity contribution in [3.63, 3.8) is 0 Å². The van der Waals surface area contributed by atoms with E-state index in [0.29, 0.717) is 25.7 Å². The first-order valence-electron chi connectivity index (χ1n) is 39.3. The Bertz CT molecular complexity index is 1870. The summed E-state index contributed by atoms with van der Waals surface area (Å²) in [6.07, 6.45) is 50.1. The fourth-order valence-corrected chi connectivity index (χ4v) is 13.1. The van der Waals surface area contributed by atoms with E-state index in [1.54, 1.807) is 0 Å². The van der Waals surface area contributed by atoms with Crippen molar-refractivity contribution in [3.05, 3.63) is 0 Å². The monoisotopic (exact) mass is 1400 g/mol. The van der Waals surface area contributed by atoms with E-state index in [4.69, 9.17) is 37.0 Å². The van der Waals surface area contributed by atoms with E-state index in [1.165, 1.54) is 180 Å². The number of phosphoric acid groups is 2. The summed E-state index contributed by atoms with van der Waals surface area (Å²) < 4.78 is 68.5. The molecule has 19 heteroatoms. The molecule has 0 bridgehead atoms. The second-order valence-corrected chi connectivity index (χ2v) is 31.7. The molecule has 95 heavy (non-hydrogen) atoms. The number of phosphoric ester groups is 2. The van der Waals surface area contributed by atoms with E-state index in [-0.39, 0.29) is 25.7 Å². The van der Waals surface area contributed by atoms with Crippen molar-refractivity contribution in [1.29, 1.82) is 0 Å². The fraction of sp³-hybridized carbons (Fsp3) is 0.947. The van der Waals surface area contributed by atoms with Crippen molar-refractivity contribution in [2.75, 3.05) is 39.6 Å². The van der Waals surface area contributed by atoms with E-state index in [2.05, 4.69) is 55.4 Å². The van der Waals surface area contributed by atoms with Gasteiger partial charge in [-0.1, -0.05) is 331 Å². The Morgan fingerprint density at radius 1 is 0.295 bits per heavy atom. The van der Waals surface area contributed by atoms with Crippen molar-refractivity contribution in [2.24, 2.45) is 23.7 Å². The van der Waals surface area contributed by atoms with Gasteiger partial charge < -0.3 is 33.8 Å². The van der Waals surface area contributed by atoms with Gasteiger partial charge in [-0.05, 0) is 49.4 Å². The number of carbonyl (C=O) groups is 4. The van der Waals surface area contributed by atoms with E-state index >= 15 is 0 Å². The molecule has 0 amide bonds. The van der Waals surface area contributed by atoms with Gasteiger partial charge >= 0.3 is 39.5 Å². The van der Waals surface area contributed by atoms with Crippen LogP contribution < -0.4 is 0 Å². The lowest BCUT2D eigenvalue weighted by atomic mass is 9.99. The third-order valence-corrected chi connectivity index (χ3v) is 20.2. The summed E-state index contributed by atoms with van der Waals surface area (Å²) in [5.41, 5.74) is 0. The fourth-order valence-electron chi connectivity index (χ4n) is 11.5. The smallest absolute Gasteiger partial charge is 0.462 e. The standard InChI is InChI=1S/C76H148O17P2/c1-9-68(7)54-46-38-30-26-27-33-43-51-59-76(81)93-71(62-86-73(78)56-48-40-31-24-20-18-16-14-12-11-13-15-17-19-22-28-36-44-52-66(3)4)64-90-94(82,83)88-60-70(77)61-89-95(84,85)91-65-72(63-87-74(79)57-49-41-35-34-39-47-55-69(8)10-2)92-75(80)58-50-42-32-25-21-23-29-37-45-53-67(5)6/h66-72,77H,9-65H2,1-8H3,(H,82,83)(H,84,85)/t68?,69?,70-,71-,72-/m1/s1. The highest BCUT2D eigenvalue weighted by Crippen LogP contribution is 2.45. The van der Waals surface area contributed by atoms with Gasteiger partial charge in [0.05, 0.1) is 26.4 Å². The molecule has 0 spiro atoms. The highest BCUT2D eigenvalue weighted by atomic mass is 31.2. The zero-order valence-corrected chi connectivity index (χ0v) is 64.1. The normalized spacial score (nSPS) is 14.7. The number of esters is 4. The summed E-state index contributed by atoms with van der Waals surface area (Å²) in [6.45, 7) is 14.2. The van der Waals surface area contributed by atoms with E-state index in [0.717, 1.165) is 120 Å². The second kappa shape index (κ2) is 65.4. The average Bonchev–Trinajstić information content (AvgIpc) is 1.55. The molecule has 0 aromatic rings. The number of unbranched alkanes of at least 4 members (excludes halogenated alkanes) is 37. The van der Waals surface area contributed by atoms with Crippen molar-refractivity contribution in [3.8, 4) is 0 Å². The molecule has 0 rings (SSSR count). The Morgan fingerprint density at radius 3 is 0.747 bits per heavy atom. The molecule has 0 aliphatic heterocycles. The zero-order chi connectivity index (χ0) is 70.3. The SMILES string of the molecule is CCC(C)CCCCCCCCCCC(=O)O[C@H](COC(=O)CCCCCCCCCCCCCCCCCCCCC(C)C)COP(=O)(O)OC[C@@H](O)COP(=O)(O)OC[C@@H](COC(=O)CCCCCCCCC(C)CC)OC(=O)CCCCCCCCCCCC(C)C. The van der Waals surface area contributed by atoms with Gasteiger partial charge in [-0.15, -0.1) is 0 Å². The van der Waals surface area contributed by atoms with Gasteiger partial charge in [0, 0.05) is 25.7 Å². The number of hydrogen-bond donors (Lipinski definition) is 3. The number of carbonyl (C=O) groups excluding carboxylic acids is 4. The van der Waals surface area contributed by atoms with Gasteiger partial charge in [-0.3, -0.25) is 37.3 Å². The molecule has 7 atom stereocenters. The van der Waals surface area contributed by atoms with Crippen LogP contribution in [0.2, 0.25) is 0 Å². The van der Waals surface area contributed by atoms with E-state index < -0.39 is 97.5 Å². The summed E-state index contributed by atoms with van der Waals surface area (Å²) in [5, 5.41) is 10.6. The van der Waals surface area contributed by atoms with E-state index in [9.17, 15) is 43.2 Å². The Hall–Kier alpha value is -1.94. The van der Waals surface area contributed by atoms with Gasteiger partial charge in [-0.25, -0.2) is 9.13 Å². The molecular weight excluding hydrogens is 1250 g/mol. The van der Waals surface area contributed by atoms with Gasteiger partial charge in [0.1, 0.15) is 19.3 Å². The van der Waals surface area contributed by atoms with Crippen LogP contribution in [-0.2, 0) is 65.4 Å². The van der Waals surface area contributed by atoms with Crippen LogP contribution in [0.3, 0.4) is 0 Å². The number of rotatable bonds is 73. The molecule has 4 unspecified atom stereocenters. The van der Waals surface area contributed by atoms with Crippen LogP contribution in [-0.4, -0.2) is 96.7 Å². The number of aliphatic hydroxyl groups is 1. The van der Waals surface area contributed by atoms with Crippen molar-refractivity contribution >= 4 is 39.5 Å². The zero-order valence-electron chi connectivity index (χ0n) is 62.3. The summed E-state index contributed by atoms with van der Waals surface area (Å²) in [7, 11) is -9.91. The molecule has 0 fully saturated rings. The van der Waals surface area contributed by atoms with Gasteiger partial charge in [0.25, 0.3) is 0 Å². The summed E-state index contributed by atoms with van der Waals surface area (Å²) in [5.74, 6) is 0.935. The lowest BCUT2D eigenvalue weighted by Crippen LogP contribution is -2.30. The highest BCUT2D eigenvalue weighted by molar-refractivity contribution is 7.47. The second-order valence-electron chi connectivity index (χ2n) is 28.8. The largest absolute Gasteiger partial charge is 0.472 e. The van der Waals surface area contributed by atoms with Gasteiger partial charge in [0.15, 0.2) is 12.2 Å². The summed E-state index contributed by atoms with van der Waals surface area (Å²) in [4.78, 5) is 72.7. The van der Waals surface area contributed by atoms with Gasteiger partial charge in [0.2, 0.25) is 0 Å². The maximum atomic E-state index is 13.1. The summed E-state index contributed by atoms with van der Waals surface area (Å²) in [6, 6.07) is 0. The van der Waals surface area contributed by atoms with Crippen LogP contribution in [0.15, 0.2) is 0 Å². The summed E-state index contributed by atoms with van der Waals surface area (Å²) >= 11 is 0. The average molecular weight is 1400 g/mol. The molecule has 0 saturated carbocycles. The maximum Gasteiger partial charge on any atom is 0.472 e. The van der Waals surface area contributed by atoms with Gasteiger partial charge in [-0.2, -0.15) is 0 Å². The first-order valence-corrected chi connectivity index (χ1v) is 42.3. The first kappa shape index (κ1) is 93.1. The molecule has 0 heterocycles. The van der Waals surface area contributed by atoms with Crippen LogP contribution >= 0.6 is 15.6 Å². The topological polar surface area (TPSA) is 237 Å². The molecule has 0 saturated heterocycles. The highest BCUT2D eigenvalue weighted by Gasteiger charge is 2.30. The maximum absolute atomic E-state index is 13.1. The molecule has 0 aromatic heterocycles. The number of aliphatic hydroxyl groups excluding tert-OH is 1. The first-order chi connectivity index (χ1) is 45.7. The molecule has 0 aliphatic carbocycles. The Morgan fingerprint density at radius 2 is 0.505 bits per heavy atom. The minimum Gasteiger partial charge on any atom is -0.462 e. The van der Waals surface area contributed by atoms with Crippen LogP contribution in [0.1, 0.15) is 383 Å². The van der Waals surface area contributed by atoms with Crippen molar-refractivity contribution in [1.82, 2.24) is 0 Å². The van der Waals surface area contributed by atoms with Crippen LogP contribution in [0, 0.1) is 23.7 Å². The molecular formula is C76H148O17P2. The molecule has 0 aliphatic rings. The minimum absolute atomic E-state index is 0.104. The molecule has 17 nitrogen and oxygen atoms in total. The molecule has 0 radical (unpaired) electrons. The molecule has 3 N–H and O–H groups in total. The van der Waals surface area contributed by atoms with Crippen LogP contribution in [0.5, 0.6) is 0 Å². The Balaban J connectivity index is 5.18. The lowest BCUT2D eigenvalue weighted by molar-refractivity contribution is -0.161. The number of ether oxygens (including phenoxy) is 4. The van der Waals surface area contributed by atoms with Crippen molar-refractivity contribution < 1.29 is 80.2 Å². The molecule has 564 valence electrons. The predicted octanol–water partition coefficient (Wildman–Crippen LogP) is 22.0.